The number of aliphatic hydroxyl groups excluding tert-OH is 1. The molecule has 3 aromatic rings. The molecule has 0 spiro atoms. The summed E-state index contributed by atoms with van der Waals surface area (Å²) in [6.07, 6.45) is 0.525. The summed E-state index contributed by atoms with van der Waals surface area (Å²) in [5, 5.41) is 23.5. The molecular weight excluding hydrogens is 393 g/mol. The lowest BCUT2D eigenvalue weighted by Gasteiger charge is -2.15. The average Bonchev–Trinajstić information content (AvgIpc) is 3.01. The Hall–Kier alpha value is -3.43. The van der Waals surface area contributed by atoms with Gasteiger partial charge in [-0.05, 0) is 37.2 Å². The molecule has 8 nitrogen and oxygen atoms in total. The minimum Gasteiger partial charge on any atom is -0.395 e. The molecule has 1 aromatic heterocycles. The fourth-order valence-electron chi connectivity index (χ4n) is 3.89. The van der Waals surface area contributed by atoms with Crippen LogP contribution in [0.4, 0.5) is 10.1 Å². The third-order valence-electron chi connectivity index (χ3n) is 5.20. The molecule has 0 fully saturated rings. The van der Waals surface area contributed by atoms with Crippen molar-refractivity contribution >= 4 is 22.2 Å². The molecule has 9 heteroatoms. The number of ketones is 1. The molecule has 0 unspecified atom stereocenters. The Bertz CT molecular complexity index is 1250. The van der Waals surface area contributed by atoms with Crippen LogP contribution in [0.25, 0.3) is 22.0 Å². The Morgan fingerprint density at radius 3 is 2.60 bits per heavy atom. The summed E-state index contributed by atoms with van der Waals surface area (Å²) in [5.74, 6) is -0.970. The number of nitrogens with zero attached hydrogens (tertiary/aromatic N) is 2. The van der Waals surface area contributed by atoms with Crippen LogP contribution in [0.15, 0.2) is 41.2 Å². The largest absolute Gasteiger partial charge is 0.395 e. The number of non-ortho nitro benzene ring substituents is 1. The standard InChI is InChI=1S/C21H18FN3O5/c22-12-2-4-15-16(10-12)20(27)18-14-5-3-13(25(29)30)11-17(14)21(28)24(19(15)18)8-1-6-23-7-9-26/h2-5,10-11,23,26H,1,6-9H2. The van der Waals surface area contributed by atoms with Crippen LogP contribution in [-0.2, 0) is 6.54 Å². The highest BCUT2D eigenvalue weighted by molar-refractivity contribution is 6.26. The molecule has 0 saturated heterocycles. The first-order valence-corrected chi connectivity index (χ1v) is 9.45. The monoisotopic (exact) mass is 411 g/mol. The van der Waals surface area contributed by atoms with Crippen molar-refractivity contribution in [2.45, 2.75) is 13.0 Å². The third kappa shape index (κ3) is 3.17. The summed E-state index contributed by atoms with van der Waals surface area (Å²) < 4.78 is 15.2. The van der Waals surface area contributed by atoms with E-state index in [1.165, 1.54) is 34.9 Å². The smallest absolute Gasteiger partial charge is 0.270 e. The maximum absolute atomic E-state index is 13.8. The van der Waals surface area contributed by atoms with Gasteiger partial charge >= 0.3 is 0 Å². The zero-order chi connectivity index (χ0) is 21.4. The molecule has 2 N–H and O–H groups in total. The van der Waals surface area contributed by atoms with Crippen LogP contribution < -0.4 is 10.9 Å². The lowest BCUT2D eigenvalue weighted by atomic mass is 10.0. The Labute approximate surface area is 169 Å². The summed E-state index contributed by atoms with van der Waals surface area (Å²) >= 11 is 0. The first-order valence-electron chi connectivity index (χ1n) is 9.45. The molecule has 0 amide bonds. The van der Waals surface area contributed by atoms with Crippen molar-refractivity contribution in [1.82, 2.24) is 9.88 Å². The van der Waals surface area contributed by atoms with Crippen LogP contribution in [0.1, 0.15) is 22.3 Å². The molecule has 30 heavy (non-hydrogen) atoms. The number of nitro benzene ring substituents is 1. The highest BCUT2D eigenvalue weighted by Gasteiger charge is 2.33. The van der Waals surface area contributed by atoms with E-state index in [4.69, 9.17) is 5.11 Å². The van der Waals surface area contributed by atoms with Crippen LogP contribution in [0, 0.1) is 15.9 Å². The number of aliphatic hydroxyl groups is 1. The van der Waals surface area contributed by atoms with E-state index in [0.29, 0.717) is 36.2 Å². The molecule has 2 aromatic carbocycles. The fraction of sp³-hybridized carbons (Fsp3) is 0.238. The number of hydrogen-bond acceptors (Lipinski definition) is 6. The second-order valence-electron chi connectivity index (χ2n) is 7.01. The number of pyridine rings is 1. The molecule has 0 atom stereocenters. The first-order chi connectivity index (χ1) is 14.4. The molecular formula is C21H18FN3O5. The molecule has 0 radical (unpaired) electrons. The summed E-state index contributed by atoms with van der Waals surface area (Å²) in [5.41, 5.74) is 0.607. The number of fused-ring (bicyclic) bond motifs is 5. The van der Waals surface area contributed by atoms with E-state index in [1.807, 2.05) is 0 Å². The second kappa shape index (κ2) is 7.77. The van der Waals surface area contributed by atoms with E-state index in [0.717, 1.165) is 6.07 Å². The second-order valence-corrected chi connectivity index (χ2v) is 7.01. The van der Waals surface area contributed by atoms with Crippen LogP contribution in [0.5, 0.6) is 0 Å². The topological polar surface area (TPSA) is 114 Å². The Balaban J connectivity index is 1.94. The fourth-order valence-corrected chi connectivity index (χ4v) is 3.89. The van der Waals surface area contributed by atoms with Gasteiger partial charge in [0.15, 0.2) is 5.78 Å². The Kier molecular flexibility index (Phi) is 5.15. The lowest BCUT2D eigenvalue weighted by Crippen LogP contribution is -2.26. The SMILES string of the molecule is O=C1c2cc(F)ccc2-c2c1c1ccc([N+](=O)[O-])cc1c(=O)n2CCCNCCO. The normalized spacial score (nSPS) is 12.3. The van der Waals surface area contributed by atoms with Gasteiger partial charge in [0, 0.05) is 41.7 Å². The van der Waals surface area contributed by atoms with Crippen molar-refractivity contribution in [1.29, 1.82) is 0 Å². The molecule has 1 aliphatic carbocycles. The van der Waals surface area contributed by atoms with E-state index in [1.54, 1.807) is 0 Å². The molecule has 0 bridgehead atoms. The summed E-state index contributed by atoms with van der Waals surface area (Å²) in [7, 11) is 0. The predicted octanol–water partition coefficient (Wildman–Crippen LogP) is 2.23. The number of halogens is 1. The van der Waals surface area contributed by atoms with Gasteiger partial charge in [-0.3, -0.25) is 19.7 Å². The van der Waals surface area contributed by atoms with Crippen molar-refractivity contribution in [3.8, 4) is 11.3 Å². The quantitative estimate of drug-likeness (QED) is 0.274. The van der Waals surface area contributed by atoms with Gasteiger partial charge in [0.25, 0.3) is 11.2 Å². The molecule has 4 rings (SSSR count). The van der Waals surface area contributed by atoms with E-state index in [2.05, 4.69) is 5.32 Å². The van der Waals surface area contributed by atoms with Crippen molar-refractivity contribution < 1.29 is 19.2 Å². The number of nitrogens with one attached hydrogen (secondary N) is 1. The van der Waals surface area contributed by atoms with Crippen molar-refractivity contribution in [2.24, 2.45) is 0 Å². The lowest BCUT2D eigenvalue weighted by molar-refractivity contribution is -0.384. The highest BCUT2D eigenvalue weighted by Crippen LogP contribution is 2.40. The molecule has 1 heterocycles. The van der Waals surface area contributed by atoms with Crippen LogP contribution in [0.3, 0.4) is 0 Å². The summed E-state index contributed by atoms with van der Waals surface area (Å²) in [6, 6.07) is 7.69. The minimum atomic E-state index is -0.596. The Morgan fingerprint density at radius 2 is 1.87 bits per heavy atom. The molecule has 0 aliphatic heterocycles. The number of hydrogen-bond donors (Lipinski definition) is 2. The van der Waals surface area contributed by atoms with E-state index in [9.17, 15) is 24.1 Å². The molecule has 1 aliphatic rings. The average molecular weight is 411 g/mol. The zero-order valence-corrected chi connectivity index (χ0v) is 15.9. The highest BCUT2D eigenvalue weighted by atomic mass is 19.1. The number of carbonyl (C=O) groups excluding carboxylic acids is 1. The van der Waals surface area contributed by atoms with Gasteiger partial charge in [0.1, 0.15) is 5.82 Å². The van der Waals surface area contributed by atoms with E-state index in [-0.39, 0.29) is 35.4 Å². The molecule has 0 saturated carbocycles. The van der Waals surface area contributed by atoms with E-state index >= 15 is 0 Å². The van der Waals surface area contributed by atoms with Gasteiger partial charge < -0.3 is 15.0 Å². The Morgan fingerprint density at radius 1 is 1.07 bits per heavy atom. The number of aromatic nitrogens is 1. The number of carbonyl (C=O) groups is 1. The van der Waals surface area contributed by atoms with Gasteiger partial charge in [-0.15, -0.1) is 0 Å². The van der Waals surface area contributed by atoms with Crippen LogP contribution >= 0.6 is 0 Å². The van der Waals surface area contributed by atoms with Crippen molar-refractivity contribution in [3.05, 3.63) is 73.8 Å². The molecule has 154 valence electrons. The number of nitro groups is 1. The van der Waals surface area contributed by atoms with Crippen molar-refractivity contribution in [2.75, 3.05) is 19.7 Å². The predicted molar refractivity (Wildman–Crippen MR) is 108 cm³/mol. The zero-order valence-electron chi connectivity index (χ0n) is 15.9. The summed E-state index contributed by atoms with van der Waals surface area (Å²) in [6.45, 7) is 1.18. The van der Waals surface area contributed by atoms with Gasteiger partial charge in [-0.2, -0.15) is 0 Å². The third-order valence-corrected chi connectivity index (χ3v) is 5.20. The van der Waals surface area contributed by atoms with Crippen LogP contribution in [0.2, 0.25) is 0 Å². The van der Waals surface area contributed by atoms with Gasteiger partial charge in [0.05, 0.1) is 28.2 Å². The maximum atomic E-state index is 13.8. The van der Waals surface area contributed by atoms with Gasteiger partial charge in [0.2, 0.25) is 0 Å². The first kappa shape index (κ1) is 19.9. The van der Waals surface area contributed by atoms with E-state index < -0.39 is 22.1 Å². The maximum Gasteiger partial charge on any atom is 0.270 e. The number of rotatable bonds is 7. The minimum absolute atomic E-state index is 0.0115. The van der Waals surface area contributed by atoms with Gasteiger partial charge in [-0.1, -0.05) is 0 Å². The number of benzene rings is 2. The summed E-state index contributed by atoms with van der Waals surface area (Å²) in [4.78, 5) is 36.9. The van der Waals surface area contributed by atoms with Crippen LogP contribution in [-0.4, -0.2) is 40.1 Å². The van der Waals surface area contributed by atoms with Gasteiger partial charge in [-0.25, -0.2) is 4.39 Å². The van der Waals surface area contributed by atoms with Crippen molar-refractivity contribution in [3.63, 3.8) is 0 Å².